The number of carbonyl (C=O) groups is 1. The summed E-state index contributed by atoms with van der Waals surface area (Å²) in [5.74, 6) is -0.229. The number of anilines is 1. The first-order valence-electron chi connectivity index (χ1n) is 5.24. The van der Waals surface area contributed by atoms with Crippen LogP contribution in [0.2, 0.25) is 5.02 Å². The summed E-state index contributed by atoms with van der Waals surface area (Å²) in [5, 5.41) is 7.41. The van der Waals surface area contributed by atoms with E-state index >= 15 is 0 Å². The molecule has 4 nitrogen and oxygen atoms in total. The highest BCUT2D eigenvalue weighted by Crippen LogP contribution is 2.22. The molecule has 0 spiro atoms. The van der Waals surface area contributed by atoms with Crippen molar-refractivity contribution in [3.05, 3.63) is 45.1 Å². The lowest BCUT2D eigenvalue weighted by Gasteiger charge is -2.09. The Hall–Kier alpha value is -1.33. The Morgan fingerprint density at radius 1 is 1.50 bits per heavy atom. The van der Waals surface area contributed by atoms with E-state index in [-0.39, 0.29) is 5.91 Å². The van der Waals surface area contributed by atoms with Gasteiger partial charge in [-0.2, -0.15) is 5.10 Å². The third-order valence-electron chi connectivity index (χ3n) is 2.56. The quantitative estimate of drug-likeness (QED) is 0.918. The van der Waals surface area contributed by atoms with E-state index < -0.39 is 0 Å². The molecule has 0 bridgehead atoms. The highest BCUT2D eigenvalue weighted by Gasteiger charge is 2.16. The third kappa shape index (κ3) is 2.57. The van der Waals surface area contributed by atoms with E-state index in [1.54, 1.807) is 25.4 Å². The number of benzene rings is 1. The van der Waals surface area contributed by atoms with Crippen LogP contribution < -0.4 is 5.32 Å². The molecule has 2 rings (SSSR count). The molecule has 0 saturated carbocycles. The van der Waals surface area contributed by atoms with Crippen molar-refractivity contribution in [1.82, 2.24) is 9.78 Å². The molecule has 6 heteroatoms. The largest absolute Gasteiger partial charge is 0.320 e. The third-order valence-corrected chi connectivity index (χ3v) is 3.37. The summed E-state index contributed by atoms with van der Waals surface area (Å²) in [6, 6.07) is 5.36. The predicted octanol–water partition coefficient (Wildman–Crippen LogP) is 3.40. The van der Waals surface area contributed by atoms with Crippen molar-refractivity contribution in [1.29, 1.82) is 0 Å². The van der Waals surface area contributed by atoms with Gasteiger partial charge in [-0.15, -0.1) is 0 Å². The van der Waals surface area contributed by atoms with Gasteiger partial charge in [0.2, 0.25) is 0 Å². The molecule has 94 valence electrons. The van der Waals surface area contributed by atoms with Gasteiger partial charge in [-0.1, -0.05) is 17.7 Å². The van der Waals surface area contributed by atoms with E-state index in [0.717, 1.165) is 5.56 Å². The summed E-state index contributed by atoms with van der Waals surface area (Å²) in [4.78, 5) is 12.1. The number of rotatable bonds is 2. The zero-order valence-electron chi connectivity index (χ0n) is 9.87. The number of hydrogen-bond acceptors (Lipinski definition) is 2. The second kappa shape index (κ2) is 5.12. The van der Waals surface area contributed by atoms with Gasteiger partial charge < -0.3 is 5.32 Å². The molecule has 0 fully saturated rings. The molecule has 2 aromatic rings. The van der Waals surface area contributed by atoms with E-state index in [1.165, 1.54) is 4.68 Å². The lowest BCUT2D eigenvalue weighted by Crippen LogP contribution is -2.17. The van der Waals surface area contributed by atoms with Crippen LogP contribution in [0.15, 0.2) is 28.9 Å². The van der Waals surface area contributed by atoms with Gasteiger partial charge in [-0.05, 0) is 40.5 Å². The highest BCUT2D eigenvalue weighted by molar-refractivity contribution is 9.10. The molecule has 18 heavy (non-hydrogen) atoms. The molecule has 1 aromatic carbocycles. The van der Waals surface area contributed by atoms with Crippen LogP contribution in [0.4, 0.5) is 5.69 Å². The van der Waals surface area contributed by atoms with Gasteiger partial charge in [-0.25, -0.2) is 0 Å². The van der Waals surface area contributed by atoms with Gasteiger partial charge in [0.1, 0.15) is 5.69 Å². The number of hydrogen-bond donors (Lipinski definition) is 1. The Kier molecular flexibility index (Phi) is 3.73. The summed E-state index contributed by atoms with van der Waals surface area (Å²) >= 11 is 9.20. The van der Waals surface area contributed by atoms with Crippen molar-refractivity contribution in [2.45, 2.75) is 6.92 Å². The first kappa shape index (κ1) is 13.1. The molecule has 1 N–H and O–H groups in total. The average molecular weight is 329 g/mol. The van der Waals surface area contributed by atoms with Crippen molar-refractivity contribution >= 4 is 39.1 Å². The van der Waals surface area contributed by atoms with Crippen LogP contribution in [0.1, 0.15) is 16.1 Å². The number of halogens is 2. The number of nitrogens with zero attached hydrogens (tertiary/aromatic N) is 2. The number of amides is 1. The summed E-state index contributed by atoms with van der Waals surface area (Å²) < 4.78 is 2.17. The molecule has 0 aliphatic rings. The Bertz CT molecular complexity index is 590. The Balaban J connectivity index is 2.30. The van der Waals surface area contributed by atoms with E-state index in [2.05, 4.69) is 26.3 Å². The first-order valence-corrected chi connectivity index (χ1v) is 6.41. The monoisotopic (exact) mass is 327 g/mol. The molecule has 0 radical (unpaired) electrons. The maximum absolute atomic E-state index is 12.1. The van der Waals surface area contributed by atoms with E-state index in [1.807, 2.05) is 13.0 Å². The van der Waals surface area contributed by atoms with Crippen LogP contribution >= 0.6 is 27.5 Å². The molecule has 0 aliphatic carbocycles. The van der Waals surface area contributed by atoms with Crippen LogP contribution in [-0.4, -0.2) is 15.7 Å². The van der Waals surface area contributed by atoms with Crippen LogP contribution in [0, 0.1) is 6.92 Å². The normalized spacial score (nSPS) is 10.4. The van der Waals surface area contributed by atoms with E-state index in [9.17, 15) is 4.79 Å². The SMILES string of the molecule is Cc1ccc(Cl)cc1NC(=O)c1c(Br)cnn1C. The number of carbonyl (C=O) groups excluding carboxylic acids is 1. The lowest BCUT2D eigenvalue weighted by molar-refractivity contribution is 0.101. The number of aryl methyl sites for hydroxylation is 2. The average Bonchev–Trinajstić information content (AvgIpc) is 2.63. The van der Waals surface area contributed by atoms with E-state index in [4.69, 9.17) is 11.6 Å². The van der Waals surface area contributed by atoms with Crippen molar-refractivity contribution in [3.63, 3.8) is 0 Å². The standard InChI is InChI=1S/C12H11BrClN3O/c1-7-3-4-8(14)5-10(7)16-12(18)11-9(13)6-15-17(11)2/h3-6H,1-2H3,(H,16,18). The van der Waals surface area contributed by atoms with Crippen LogP contribution in [0.25, 0.3) is 0 Å². The van der Waals surface area contributed by atoms with Gasteiger partial charge in [0.05, 0.1) is 10.7 Å². The Morgan fingerprint density at radius 3 is 2.83 bits per heavy atom. The molecule has 1 heterocycles. The minimum Gasteiger partial charge on any atom is -0.320 e. The number of aromatic nitrogens is 2. The summed E-state index contributed by atoms with van der Waals surface area (Å²) in [6.45, 7) is 1.91. The molecule has 0 saturated heterocycles. The first-order chi connectivity index (χ1) is 8.49. The molecule has 0 unspecified atom stereocenters. The van der Waals surface area contributed by atoms with Gasteiger partial charge in [0, 0.05) is 17.8 Å². The van der Waals surface area contributed by atoms with Gasteiger partial charge in [0.25, 0.3) is 5.91 Å². The Labute approximate surface area is 118 Å². The van der Waals surface area contributed by atoms with Crippen molar-refractivity contribution < 1.29 is 4.79 Å². The maximum atomic E-state index is 12.1. The second-order valence-electron chi connectivity index (χ2n) is 3.88. The van der Waals surface area contributed by atoms with Gasteiger partial charge in [-0.3, -0.25) is 9.48 Å². The van der Waals surface area contributed by atoms with Gasteiger partial charge >= 0.3 is 0 Å². The molecule has 1 aromatic heterocycles. The van der Waals surface area contributed by atoms with Crippen molar-refractivity contribution in [2.75, 3.05) is 5.32 Å². The lowest BCUT2D eigenvalue weighted by atomic mass is 10.2. The zero-order valence-corrected chi connectivity index (χ0v) is 12.2. The van der Waals surface area contributed by atoms with Crippen LogP contribution in [0.5, 0.6) is 0 Å². The summed E-state index contributed by atoms with van der Waals surface area (Å²) in [7, 11) is 1.71. The van der Waals surface area contributed by atoms with Crippen molar-refractivity contribution in [3.8, 4) is 0 Å². The van der Waals surface area contributed by atoms with E-state index in [0.29, 0.717) is 20.9 Å². The smallest absolute Gasteiger partial charge is 0.275 e. The zero-order chi connectivity index (χ0) is 13.3. The van der Waals surface area contributed by atoms with Crippen LogP contribution in [-0.2, 0) is 7.05 Å². The topological polar surface area (TPSA) is 46.9 Å². The van der Waals surface area contributed by atoms with Crippen LogP contribution in [0.3, 0.4) is 0 Å². The fraction of sp³-hybridized carbons (Fsp3) is 0.167. The summed E-state index contributed by atoms with van der Waals surface area (Å²) in [5.41, 5.74) is 2.11. The second-order valence-corrected chi connectivity index (χ2v) is 5.17. The molecule has 0 atom stereocenters. The fourth-order valence-corrected chi connectivity index (χ4v) is 2.28. The minimum atomic E-state index is -0.229. The Morgan fingerprint density at radius 2 is 2.22 bits per heavy atom. The van der Waals surface area contributed by atoms with Crippen molar-refractivity contribution in [2.24, 2.45) is 7.05 Å². The molecule has 0 aliphatic heterocycles. The maximum Gasteiger partial charge on any atom is 0.275 e. The minimum absolute atomic E-state index is 0.229. The predicted molar refractivity (Wildman–Crippen MR) is 75.1 cm³/mol. The number of nitrogens with one attached hydrogen (secondary N) is 1. The molecule has 1 amide bonds. The highest BCUT2D eigenvalue weighted by atomic mass is 79.9. The molecular formula is C12H11BrClN3O. The molecular weight excluding hydrogens is 318 g/mol. The summed E-state index contributed by atoms with van der Waals surface area (Å²) in [6.07, 6.45) is 1.58. The fourth-order valence-electron chi connectivity index (χ4n) is 1.58. The van der Waals surface area contributed by atoms with Gasteiger partial charge in [0.15, 0.2) is 0 Å².